The van der Waals surface area contributed by atoms with Crippen LogP contribution >= 0.6 is 0 Å². The lowest BCUT2D eigenvalue weighted by Gasteiger charge is -2.40. The van der Waals surface area contributed by atoms with Crippen LogP contribution in [0, 0.1) is 6.92 Å². The molecular weight excluding hydrogens is 466 g/mol. The van der Waals surface area contributed by atoms with E-state index in [1.165, 1.54) is 0 Å². The Kier molecular flexibility index (Phi) is 6.52. The van der Waals surface area contributed by atoms with Gasteiger partial charge < -0.3 is 19.9 Å². The van der Waals surface area contributed by atoms with Crippen LogP contribution in [-0.4, -0.2) is 64.4 Å². The number of carbonyl (C=O) groups excluding carboxylic acids is 2. The van der Waals surface area contributed by atoms with Gasteiger partial charge >= 0.3 is 6.09 Å². The molecule has 0 bridgehead atoms. The summed E-state index contributed by atoms with van der Waals surface area (Å²) < 4.78 is 5.56. The predicted molar refractivity (Wildman–Crippen MR) is 145 cm³/mol. The lowest BCUT2D eigenvalue weighted by atomic mass is 9.96. The molecule has 1 aliphatic heterocycles. The SMILES string of the molecule is Cc1ccc(C(=O)NC2CC2)cc1-c1ccc2c(N3CCN(C(=O)OC(C)(C)C)CC3C)nncc2c1. The van der Waals surface area contributed by atoms with Crippen molar-refractivity contribution in [2.75, 3.05) is 24.5 Å². The van der Waals surface area contributed by atoms with Gasteiger partial charge in [0.25, 0.3) is 5.91 Å². The minimum atomic E-state index is -0.519. The topological polar surface area (TPSA) is 87.7 Å². The lowest BCUT2D eigenvalue weighted by Crippen LogP contribution is -2.54. The number of nitrogens with zero attached hydrogens (tertiary/aromatic N) is 4. The molecule has 2 aliphatic rings. The fourth-order valence-corrected chi connectivity index (χ4v) is 4.79. The van der Waals surface area contributed by atoms with Gasteiger partial charge in [-0.1, -0.05) is 12.1 Å². The van der Waals surface area contributed by atoms with E-state index in [0.717, 1.165) is 46.1 Å². The van der Waals surface area contributed by atoms with Gasteiger partial charge in [-0.05, 0) is 88.4 Å². The van der Waals surface area contributed by atoms with Crippen molar-refractivity contribution >= 4 is 28.6 Å². The molecule has 5 rings (SSSR count). The van der Waals surface area contributed by atoms with Crippen molar-refractivity contribution in [2.45, 2.75) is 65.1 Å². The van der Waals surface area contributed by atoms with Gasteiger partial charge in [0.2, 0.25) is 0 Å². The number of hydrogen-bond donors (Lipinski definition) is 1. The maximum Gasteiger partial charge on any atom is 0.410 e. The van der Waals surface area contributed by atoms with Crippen LogP contribution in [0.15, 0.2) is 42.6 Å². The second-order valence-electron chi connectivity index (χ2n) is 11.2. The van der Waals surface area contributed by atoms with E-state index < -0.39 is 5.60 Å². The third kappa shape index (κ3) is 5.53. The number of anilines is 1. The Morgan fingerprint density at radius 3 is 2.57 bits per heavy atom. The second kappa shape index (κ2) is 9.65. The number of piperazine rings is 1. The molecule has 194 valence electrons. The van der Waals surface area contributed by atoms with Crippen LogP contribution in [0.5, 0.6) is 0 Å². The standard InChI is InChI=1S/C29H35N5O3/c1-18-6-7-21(27(35)31-23-9-10-23)15-25(18)20-8-11-24-22(14-20)16-30-32-26(24)34-13-12-33(17-19(34)2)28(36)37-29(3,4)5/h6-8,11,14-16,19,23H,9-10,12-13,17H2,1-5H3,(H,31,35). The number of hydrogen-bond acceptors (Lipinski definition) is 6. The van der Waals surface area contributed by atoms with Crippen LogP contribution in [0.1, 0.15) is 56.5 Å². The zero-order valence-electron chi connectivity index (χ0n) is 22.2. The van der Waals surface area contributed by atoms with Gasteiger partial charge in [-0.2, -0.15) is 5.10 Å². The number of rotatable bonds is 4. The van der Waals surface area contributed by atoms with E-state index in [9.17, 15) is 9.59 Å². The summed E-state index contributed by atoms with van der Waals surface area (Å²) >= 11 is 0. The third-order valence-electron chi connectivity index (χ3n) is 6.92. The largest absolute Gasteiger partial charge is 0.444 e. The van der Waals surface area contributed by atoms with Crippen LogP contribution in [0.2, 0.25) is 0 Å². The quantitative estimate of drug-likeness (QED) is 0.545. The molecule has 2 aromatic carbocycles. The minimum absolute atomic E-state index is 0.0165. The van der Waals surface area contributed by atoms with Gasteiger partial charge in [-0.3, -0.25) is 4.79 Å². The van der Waals surface area contributed by atoms with Crippen molar-refractivity contribution in [2.24, 2.45) is 0 Å². The van der Waals surface area contributed by atoms with E-state index in [0.29, 0.717) is 31.2 Å². The molecule has 8 nitrogen and oxygen atoms in total. The van der Waals surface area contributed by atoms with E-state index >= 15 is 0 Å². The number of amides is 2. The molecule has 2 fully saturated rings. The van der Waals surface area contributed by atoms with Crippen molar-refractivity contribution in [3.05, 3.63) is 53.7 Å². The van der Waals surface area contributed by atoms with Gasteiger partial charge in [0.15, 0.2) is 5.82 Å². The number of nitrogens with one attached hydrogen (secondary N) is 1. The summed E-state index contributed by atoms with van der Waals surface area (Å²) in [7, 11) is 0. The van der Waals surface area contributed by atoms with E-state index in [1.54, 1.807) is 11.1 Å². The summed E-state index contributed by atoms with van der Waals surface area (Å²) in [6, 6.07) is 12.5. The molecule has 1 aromatic heterocycles. The predicted octanol–water partition coefficient (Wildman–Crippen LogP) is 4.94. The zero-order valence-corrected chi connectivity index (χ0v) is 22.2. The highest BCUT2D eigenvalue weighted by Gasteiger charge is 2.31. The lowest BCUT2D eigenvalue weighted by molar-refractivity contribution is 0.0218. The highest BCUT2D eigenvalue weighted by molar-refractivity contribution is 5.98. The van der Waals surface area contributed by atoms with Gasteiger partial charge in [0.05, 0.1) is 6.20 Å². The molecule has 3 aromatic rings. The Morgan fingerprint density at radius 2 is 1.86 bits per heavy atom. The fourth-order valence-electron chi connectivity index (χ4n) is 4.79. The first-order chi connectivity index (χ1) is 17.6. The number of aromatic nitrogens is 2. The third-order valence-corrected chi connectivity index (χ3v) is 6.92. The normalized spacial score (nSPS) is 18.1. The maximum atomic E-state index is 12.6. The first-order valence-corrected chi connectivity index (χ1v) is 13.0. The molecule has 1 unspecified atom stereocenters. The van der Waals surface area contributed by atoms with E-state index in [-0.39, 0.29) is 18.0 Å². The van der Waals surface area contributed by atoms with Gasteiger partial charge in [-0.25, -0.2) is 4.79 Å². The van der Waals surface area contributed by atoms with Crippen molar-refractivity contribution < 1.29 is 14.3 Å². The smallest absolute Gasteiger partial charge is 0.410 e. The molecule has 37 heavy (non-hydrogen) atoms. The summed E-state index contributed by atoms with van der Waals surface area (Å²) in [5.74, 6) is 0.798. The second-order valence-corrected chi connectivity index (χ2v) is 11.2. The van der Waals surface area contributed by atoms with Crippen LogP contribution in [-0.2, 0) is 4.74 Å². The summed E-state index contributed by atoms with van der Waals surface area (Å²) in [5.41, 5.74) is 3.33. The molecule has 8 heteroatoms. The van der Waals surface area contributed by atoms with Crippen LogP contribution in [0.25, 0.3) is 21.9 Å². The molecule has 1 saturated heterocycles. The molecule has 0 spiro atoms. The molecule has 2 heterocycles. The highest BCUT2D eigenvalue weighted by Crippen LogP contribution is 2.32. The molecule has 1 aliphatic carbocycles. The van der Waals surface area contributed by atoms with Crippen LogP contribution in [0.3, 0.4) is 0 Å². The molecule has 2 amide bonds. The van der Waals surface area contributed by atoms with Gasteiger partial charge in [-0.15, -0.1) is 5.10 Å². The van der Waals surface area contributed by atoms with Gasteiger partial charge in [0.1, 0.15) is 5.60 Å². The molecular formula is C29H35N5O3. The van der Waals surface area contributed by atoms with Gasteiger partial charge in [0, 0.05) is 48.1 Å². The first kappa shape index (κ1) is 25.0. The van der Waals surface area contributed by atoms with Crippen LogP contribution < -0.4 is 10.2 Å². The Hall–Kier alpha value is -3.68. The number of benzene rings is 2. The number of aryl methyl sites for hydroxylation is 1. The summed E-state index contributed by atoms with van der Waals surface area (Å²) in [5, 5.41) is 13.9. The fraction of sp³-hybridized carbons (Fsp3) is 0.448. The molecule has 1 N–H and O–H groups in total. The number of ether oxygens (including phenoxy) is 1. The van der Waals surface area contributed by atoms with E-state index in [1.807, 2.05) is 39.0 Å². The molecule has 0 radical (unpaired) electrons. The average molecular weight is 502 g/mol. The van der Waals surface area contributed by atoms with Crippen molar-refractivity contribution in [1.82, 2.24) is 20.4 Å². The summed E-state index contributed by atoms with van der Waals surface area (Å²) in [6.07, 6.45) is 3.62. The van der Waals surface area contributed by atoms with Crippen molar-refractivity contribution in [3.8, 4) is 11.1 Å². The maximum absolute atomic E-state index is 12.6. The van der Waals surface area contributed by atoms with E-state index in [4.69, 9.17) is 4.74 Å². The van der Waals surface area contributed by atoms with Crippen LogP contribution in [0.4, 0.5) is 10.6 Å². The summed E-state index contributed by atoms with van der Waals surface area (Å²) in [4.78, 5) is 29.2. The monoisotopic (exact) mass is 501 g/mol. The number of fused-ring (bicyclic) bond motifs is 1. The van der Waals surface area contributed by atoms with Crippen molar-refractivity contribution in [3.63, 3.8) is 0 Å². The van der Waals surface area contributed by atoms with Crippen molar-refractivity contribution in [1.29, 1.82) is 0 Å². The Morgan fingerprint density at radius 1 is 1.08 bits per heavy atom. The first-order valence-electron chi connectivity index (χ1n) is 13.0. The molecule has 1 saturated carbocycles. The number of carbonyl (C=O) groups is 2. The summed E-state index contributed by atoms with van der Waals surface area (Å²) in [6.45, 7) is 11.6. The molecule has 1 atom stereocenters. The Balaban J connectivity index is 1.39. The average Bonchev–Trinajstić information content (AvgIpc) is 3.66. The minimum Gasteiger partial charge on any atom is -0.444 e. The van der Waals surface area contributed by atoms with E-state index in [2.05, 4.69) is 52.5 Å². The Bertz CT molecular complexity index is 1350. The Labute approximate surface area is 218 Å². The zero-order chi connectivity index (χ0) is 26.3. The highest BCUT2D eigenvalue weighted by atomic mass is 16.6.